The Balaban J connectivity index is 0.00000220. The monoisotopic (exact) mass is 366 g/mol. The predicted molar refractivity (Wildman–Crippen MR) is 90.2 cm³/mol. The second kappa shape index (κ2) is 10.0. The zero-order chi connectivity index (χ0) is 14.4. The molecule has 0 aromatic heterocycles. The summed E-state index contributed by atoms with van der Waals surface area (Å²) in [6, 6.07) is 7.87. The molecule has 0 spiro atoms. The molecule has 0 radical (unpaired) electrons. The molecule has 0 atom stereocenters. The summed E-state index contributed by atoms with van der Waals surface area (Å²) in [6.45, 7) is 4.88. The van der Waals surface area contributed by atoms with E-state index in [9.17, 15) is 8.42 Å². The van der Waals surface area contributed by atoms with Gasteiger partial charge in [-0.2, -0.15) is 5.26 Å². The number of hydrogen-bond acceptors (Lipinski definition) is 5. The highest BCUT2D eigenvalue weighted by molar-refractivity contribution is 7.89. The lowest BCUT2D eigenvalue weighted by Gasteiger charge is -2.27. The minimum Gasteiger partial charge on any atom is -0.314 e. The van der Waals surface area contributed by atoms with Crippen LogP contribution in [0.1, 0.15) is 5.56 Å². The molecule has 1 fully saturated rings. The average Bonchev–Trinajstić information content (AvgIpc) is 2.48. The van der Waals surface area contributed by atoms with Gasteiger partial charge in [0.2, 0.25) is 10.0 Å². The summed E-state index contributed by atoms with van der Waals surface area (Å²) in [6.07, 6.45) is 0. The molecule has 2 rings (SSSR count). The van der Waals surface area contributed by atoms with Gasteiger partial charge in [0.05, 0.1) is 16.5 Å². The predicted octanol–water partition coefficient (Wildman–Crippen LogP) is 0.585. The highest BCUT2D eigenvalue weighted by Gasteiger charge is 2.15. The van der Waals surface area contributed by atoms with E-state index < -0.39 is 10.0 Å². The molecule has 1 saturated heterocycles. The maximum Gasteiger partial charge on any atom is 0.240 e. The number of nitrogens with zero attached hydrogens (tertiary/aromatic N) is 2. The van der Waals surface area contributed by atoms with Crippen LogP contribution in [0.15, 0.2) is 29.2 Å². The highest BCUT2D eigenvalue weighted by atomic mass is 35.5. The molecule has 0 saturated carbocycles. The average molecular weight is 367 g/mol. The Morgan fingerprint density at radius 1 is 1.18 bits per heavy atom. The van der Waals surface area contributed by atoms with Gasteiger partial charge in [0.1, 0.15) is 0 Å². The Morgan fingerprint density at radius 2 is 1.77 bits per heavy atom. The van der Waals surface area contributed by atoms with Crippen molar-refractivity contribution in [2.45, 2.75) is 4.90 Å². The molecule has 1 aliphatic heterocycles. The van der Waals surface area contributed by atoms with Crippen LogP contribution in [0.3, 0.4) is 0 Å². The largest absolute Gasteiger partial charge is 0.314 e. The van der Waals surface area contributed by atoms with E-state index in [2.05, 4.69) is 14.9 Å². The Bertz CT molecular complexity index is 581. The van der Waals surface area contributed by atoms with Crippen LogP contribution < -0.4 is 10.0 Å². The van der Waals surface area contributed by atoms with Crippen molar-refractivity contribution in [3.05, 3.63) is 29.8 Å². The van der Waals surface area contributed by atoms with Gasteiger partial charge in [-0.25, -0.2) is 13.1 Å². The minimum absolute atomic E-state index is 0. The third-order valence-electron chi connectivity index (χ3n) is 3.22. The molecule has 0 unspecified atom stereocenters. The van der Waals surface area contributed by atoms with Gasteiger partial charge in [-0.3, -0.25) is 4.90 Å². The number of sulfonamides is 1. The van der Waals surface area contributed by atoms with Crippen LogP contribution in [0.25, 0.3) is 0 Å². The molecule has 1 aromatic carbocycles. The van der Waals surface area contributed by atoms with E-state index in [0.29, 0.717) is 18.7 Å². The lowest BCUT2D eigenvalue weighted by Crippen LogP contribution is -2.46. The SMILES string of the molecule is Cl.Cl.N#Cc1ccc(S(=O)(=O)NCCN2CCNCC2)cc1. The first-order valence-corrected chi connectivity index (χ1v) is 8.03. The maximum absolute atomic E-state index is 12.0. The first-order chi connectivity index (χ1) is 9.62. The van der Waals surface area contributed by atoms with Gasteiger partial charge >= 0.3 is 0 Å². The first-order valence-electron chi connectivity index (χ1n) is 6.55. The summed E-state index contributed by atoms with van der Waals surface area (Å²) in [5.41, 5.74) is 0.449. The molecule has 0 amide bonds. The molecule has 1 heterocycles. The van der Waals surface area contributed by atoms with Crippen LogP contribution in [-0.2, 0) is 10.0 Å². The maximum atomic E-state index is 12.0. The van der Waals surface area contributed by atoms with Gasteiger partial charge in [0.15, 0.2) is 0 Å². The Labute approximate surface area is 143 Å². The van der Waals surface area contributed by atoms with Crippen molar-refractivity contribution in [2.24, 2.45) is 0 Å². The van der Waals surface area contributed by atoms with Crippen molar-refractivity contribution in [1.82, 2.24) is 14.9 Å². The lowest BCUT2D eigenvalue weighted by molar-refractivity contribution is 0.245. The summed E-state index contributed by atoms with van der Waals surface area (Å²) in [5.74, 6) is 0. The molecule has 2 N–H and O–H groups in total. The molecule has 22 heavy (non-hydrogen) atoms. The van der Waals surface area contributed by atoms with Gasteiger partial charge in [-0.15, -0.1) is 24.8 Å². The summed E-state index contributed by atoms with van der Waals surface area (Å²) in [7, 11) is -3.49. The topological polar surface area (TPSA) is 85.2 Å². The Kier molecular flexibility index (Phi) is 9.60. The zero-order valence-corrected chi connectivity index (χ0v) is 14.4. The van der Waals surface area contributed by atoms with E-state index >= 15 is 0 Å². The van der Waals surface area contributed by atoms with Crippen LogP contribution in [0.5, 0.6) is 0 Å². The highest BCUT2D eigenvalue weighted by Crippen LogP contribution is 2.09. The number of nitriles is 1. The van der Waals surface area contributed by atoms with Gasteiger partial charge in [-0.05, 0) is 24.3 Å². The normalized spacial score (nSPS) is 15.2. The fourth-order valence-corrected chi connectivity index (χ4v) is 3.09. The van der Waals surface area contributed by atoms with Crippen molar-refractivity contribution < 1.29 is 8.42 Å². The van der Waals surface area contributed by atoms with Crippen LogP contribution in [-0.4, -0.2) is 52.6 Å². The van der Waals surface area contributed by atoms with Gasteiger partial charge in [-0.1, -0.05) is 0 Å². The summed E-state index contributed by atoms with van der Waals surface area (Å²) in [5, 5.41) is 11.9. The summed E-state index contributed by atoms with van der Waals surface area (Å²) in [4.78, 5) is 2.41. The first kappa shape index (κ1) is 21.1. The number of benzene rings is 1. The van der Waals surface area contributed by atoms with Crippen molar-refractivity contribution in [1.29, 1.82) is 5.26 Å². The molecule has 124 valence electrons. The smallest absolute Gasteiger partial charge is 0.240 e. The van der Waals surface area contributed by atoms with Crippen molar-refractivity contribution in [3.63, 3.8) is 0 Å². The number of piperazine rings is 1. The quantitative estimate of drug-likeness (QED) is 0.796. The number of halogens is 2. The molecule has 1 aliphatic rings. The van der Waals surface area contributed by atoms with E-state index in [0.717, 1.165) is 26.2 Å². The Hall–Kier alpha value is -0.880. The van der Waals surface area contributed by atoms with Gasteiger partial charge in [0.25, 0.3) is 0 Å². The van der Waals surface area contributed by atoms with Crippen molar-refractivity contribution in [3.8, 4) is 6.07 Å². The lowest BCUT2D eigenvalue weighted by atomic mass is 10.2. The number of hydrogen-bond donors (Lipinski definition) is 2. The Morgan fingerprint density at radius 3 is 2.32 bits per heavy atom. The second-order valence-corrected chi connectivity index (χ2v) is 6.39. The molecule has 9 heteroatoms. The third-order valence-corrected chi connectivity index (χ3v) is 4.70. The molecule has 0 aliphatic carbocycles. The number of rotatable bonds is 5. The van der Waals surface area contributed by atoms with Crippen LogP contribution in [0, 0.1) is 11.3 Å². The zero-order valence-electron chi connectivity index (χ0n) is 12.0. The molecule has 1 aromatic rings. The third kappa shape index (κ3) is 6.08. The molecular formula is C13H20Cl2N4O2S. The van der Waals surface area contributed by atoms with E-state index in [1.54, 1.807) is 0 Å². The second-order valence-electron chi connectivity index (χ2n) is 4.63. The van der Waals surface area contributed by atoms with Gasteiger partial charge < -0.3 is 5.32 Å². The fraction of sp³-hybridized carbons (Fsp3) is 0.462. The van der Waals surface area contributed by atoms with Crippen LogP contribution in [0.4, 0.5) is 0 Å². The minimum atomic E-state index is -3.49. The van der Waals surface area contributed by atoms with Crippen molar-refractivity contribution in [2.75, 3.05) is 39.3 Å². The summed E-state index contributed by atoms with van der Waals surface area (Å²) < 4.78 is 26.7. The van der Waals surface area contributed by atoms with Crippen LogP contribution >= 0.6 is 24.8 Å². The molecule has 6 nitrogen and oxygen atoms in total. The van der Waals surface area contributed by atoms with E-state index in [1.807, 2.05) is 6.07 Å². The van der Waals surface area contributed by atoms with Gasteiger partial charge in [0, 0.05) is 39.3 Å². The van der Waals surface area contributed by atoms with E-state index in [-0.39, 0.29) is 29.7 Å². The van der Waals surface area contributed by atoms with E-state index in [4.69, 9.17) is 5.26 Å². The fourth-order valence-electron chi connectivity index (χ4n) is 2.06. The standard InChI is InChI=1S/C13H18N4O2S.2ClH/c14-11-12-1-3-13(4-2-12)20(18,19)16-7-10-17-8-5-15-6-9-17;;/h1-4,15-16H,5-10H2;2*1H. The molecule has 0 bridgehead atoms. The molecular weight excluding hydrogens is 347 g/mol. The van der Waals surface area contributed by atoms with Crippen LogP contribution in [0.2, 0.25) is 0 Å². The van der Waals surface area contributed by atoms with E-state index in [1.165, 1.54) is 24.3 Å². The number of nitrogens with one attached hydrogen (secondary N) is 2. The summed E-state index contributed by atoms with van der Waals surface area (Å²) >= 11 is 0. The van der Waals surface area contributed by atoms with Crippen molar-refractivity contribution >= 4 is 34.8 Å².